The molecular weight excluding hydrogens is 366 g/mol. The van der Waals surface area contributed by atoms with Crippen LogP contribution in [0.15, 0.2) is 42.5 Å². The molecule has 3 aromatic rings. The number of carbonyl (C=O) groups is 1. The van der Waals surface area contributed by atoms with Crippen molar-refractivity contribution in [3.05, 3.63) is 68.6 Å². The molecule has 0 aliphatic heterocycles. The van der Waals surface area contributed by atoms with Crippen LogP contribution in [0.2, 0.25) is 0 Å². The van der Waals surface area contributed by atoms with Crippen LogP contribution in [0, 0.1) is 10.1 Å². The predicted molar refractivity (Wildman–Crippen MR) is 103 cm³/mol. The number of nitrogens with zero attached hydrogens (tertiary/aromatic N) is 2. The number of nitrogens with one attached hydrogen (secondary N) is 1. The molecule has 1 aliphatic rings. The van der Waals surface area contributed by atoms with Crippen molar-refractivity contribution in [3.8, 4) is 17.0 Å². The number of nitro groups is 1. The van der Waals surface area contributed by atoms with Crippen LogP contribution in [-0.4, -0.2) is 22.9 Å². The molecule has 0 radical (unpaired) electrons. The summed E-state index contributed by atoms with van der Waals surface area (Å²) >= 11 is 1.40. The molecule has 0 fully saturated rings. The van der Waals surface area contributed by atoms with Crippen LogP contribution in [0.5, 0.6) is 5.75 Å². The maximum absolute atomic E-state index is 12.5. The summed E-state index contributed by atoms with van der Waals surface area (Å²) in [5.41, 5.74) is 2.82. The molecule has 0 atom stereocenters. The van der Waals surface area contributed by atoms with Crippen molar-refractivity contribution in [2.75, 3.05) is 12.4 Å². The van der Waals surface area contributed by atoms with E-state index in [1.165, 1.54) is 29.5 Å². The Balaban J connectivity index is 1.64. The number of carbonyl (C=O) groups excluding carboxylic acids is 1. The molecule has 1 aliphatic carbocycles. The monoisotopic (exact) mass is 381 g/mol. The lowest BCUT2D eigenvalue weighted by molar-refractivity contribution is -0.385. The second kappa shape index (κ2) is 6.81. The molecule has 1 aromatic heterocycles. The number of ether oxygens (including phenoxy) is 1. The molecule has 0 bridgehead atoms. The van der Waals surface area contributed by atoms with Gasteiger partial charge in [0.15, 0.2) is 5.13 Å². The molecule has 27 heavy (non-hydrogen) atoms. The summed E-state index contributed by atoms with van der Waals surface area (Å²) < 4.78 is 5.28. The van der Waals surface area contributed by atoms with Crippen LogP contribution in [-0.2, 0) is 12.8 Å². The van der Waals surface area contributed by atoms with E-state index in [0.29, 0.717) is 5.13 Å². The Kier molecular flexibility index (Phi) is 4.33. The first-order valence-corrected chi connectivity index (χ1v) is 9.10. The van der Waals surface area contributed by atoms with Gasteiger partial charge in [0.2, 0.25) is 0 Å². The minimum atomic E-state index is -0.564. The Morgan fingerprint density at radius 2 is 2.07 bits per heavy atom. The topological polar surface area (TPSA) is 94.4 Å². The number of rotatable bonds is 4. The van der Waals surface area contributed by atoms with Gasteiger partial charge in [0.05, 0.1) is 17.7 Å². The quantitative estimate of drug-likeness (QED) is 0.543. The summed E-state index contributed by atoms with van der Waals surface area (Å²) in [5.74, 6) is 0.265. The second-order valence-corrected chi connectivity index (χ2v) is 7.13. The average Bonchev–Trinajstić information content (AvgIpc) is 3.10. The van der Waals surface area contributed by atoms with Gasteiger partial charge in [0.1, 0.15) is 11.3 Å². The fraction of sp³-hybridized carbons (Fsp3) is 0.158. The SMILES string of the molecule is COc1ccc2c(c1)CCc1sc(NC(=O)c3ccccc3[N+](=O)[O-])nc1-2. The highest BCUT2D eigenvalue weighted by molar-refractivity contribution is 7.16. The van der Waals surface area contributed by atoms with E-state index in [1.54, 1.807) is 13.2 Å². The van der Waals surface area contributed by atoms with E-state index in [9.17, 15) is 14.9 Å². The number of benzene rings is 2. The van der Waals surface area contributed by atoms with Gasteiger partial charge in [-0.1, -0.05) is 12.1 Å². The summed E-state index contributed by atoms with van der Waals surface area (Å²) in [6.45, 7) is 0. The zero-order valence-electron chi connectivity index (χ0n) is 14.4. The van der Waals surface area contributed by atoms with Crippen LogP contribution in [0.25, 0.3) is 11.3 Å². The molecule has 0 saturated carbocycles. The van der Waals surface area contributed by atoms with Crippen LogP contribution >= 0.6 is 11.3 Å². The number of hydrogen-bond acceptors (Lipinski definition) is 6. The Bertz CT molecular complexity index is 1060. The molecular formula is C19H15N3O4S. The summed E-state index contributed by atoms with van der Waals surface area (Å²) in [6, 6.07) is 11.7. The van der Waals surface area contributed by atoms with E-state index in [-0.39, 0.29) is 11.3 Å². The van der Waals surface area contributed by atoms with Gasteiger partial charge >= 0.3 is 0 Å². The van der Waals surface area contributed by atoms with Crippen molar-refractivity contribution < 1.29 is 14.5 Å². The van der Waals surface area contributed by atoms with E-state index in [1.807, 2.05) is 18.2 Å². The van der Waals surface area contributed by atoms with Gasteiger partial charge < -0.3 is 4.74 Å². The predicted octanol–water partition coefficient (Wildman–Crippen LogP) is 4.08. The van der Waals surface area contributed by atoms with Crippen molar-refractivity contribution in [3.63, 3.8) is 0 Å². The molecule has 1 heterocycles. The summed E-state index contributed by atoms with van der Waals surface area (Å²) in [7, 11) is 1.63. The van der Waals surface area contributed by atoms with Gasteiger partial charge in [0, 0.05) is 16.5 Å². The lowest BCUT2D eigenvalue weighted by atomic mass is 9.93. The van der Waals surface area contributed by atoms with Crippen LogP contribution in [0.1, 0.15) is 20.8 Å². The third-order valence-electron chi connectivity index (χ3n) is 4.45. The second-order valence-electron chi connectivity index (χ2n) is 6.04. The fourth-order valence-corrected chi connectivity index (χ4v) is 4.13. The Labute approximate surface area is 158 Å². The van der Waals surface area contributed by atoms with E-state index < -0.39 is 10.8 Å². The largest absolute Gasteiger partial charge is 0.497 e. The van der Waals surface area contributed by atoms with Crippen molar-refractivity contribution in [2.45, 2.75) is 12.8 Å². The lowest BCUT2D eigenvalue weighted by Gasteiger charge is -2.15. The highest BCUT2D eigenvalue weighted by atomic mass is 32.1. The van der Waals surface area contributed by atoms with Gasteiger partial charge in [-0.15, -0.1) is 11.3 Å². The summed E-state index contributed by atoms with van der Waals surface area (Å²) in [4.78, 5) is 28.7. The van der Waals surface area contributed by atoms with E-state index in [0.717, 1.165) is 40.3 Å². The number of aryl methyl sites for hydroxylation is 2. The van der Waals surface area contributed by atoms with Gasteiger partial charge in [-0.3, -0.25) is 20.2 Å². The molecule has 0 unspecified atom stereocenters. The average molecular weight is 381 g/mol. The Morgan fingerprint density at radius 3 is 2.85 bits per heavy atom. The smallest absolute Gasteiger partial charge is 0.282 e. The minimum Gasteiger partial charge on any atom is -0.497 e. The van der Waals surface area contributed by atoms with Crippen LogP contribution in [0.3, 0.4) is 0 Å². The van der Waals surface area contributed by atoms with E-state index in [2.05, 4.69) is 10.3 Å². The van der Waals surface area contributed by atoms with Crippen molar-refractivity contribution >= 4 is 28.1 Å². The number of thiazole rings is 1. The minimum absolute atomic E-state index is 0.0146. The summed E-state index contributed by atoms with van der Waals surface area (Å²) in [6.07, 6.45) is 1.70. The number of hydrogen-bond donors (Lipinski definition) is 1. The first kappa shape index (κ1) is 17.2. The highest BCUT2D eigenvalue weighted by Crippen LogP contribution is 2.39. The zero-order chi connectivity index (χ0) is 19.0. The zero-order valence-corrected chi connectivity index (χ0v) is 15.2. The third kappa shape index (κ3) is 3.15. The summed E-state index contributed by atoms with van der Waals surface area (Å²) in [5, 5.41) is 14.3. The molecule has 1 N–H and O–H groups in total. The van der Waals surface area contributed by atoms with E-state index in [4.69, 9.17) is 4.74 Å². The van der Waals surface area contributed by atoms with Crippen molar-refractivity contribution in [1.82, 2.24) is 4.98 Å². The number of anilines is 1. The van der Waals surface area contributed by atoms with E-state index >= 15 is 0 Å². The Morgan fingerprint density at radius 1 is 1.26 bits per heavy atom. The molecule has 4 rings (SSSR count). The molecule has 0 saturated heterocycles. The molecule has 2 aromatic carbocycles. The third-order valence-corrected chi connectivity index (χ3v) is 5.48. The van der Waals surface area contributed by atoms with Crippen LogP contribution < -0.4 is 10.1 Å². The van der Waals surface area contributed by atoms with Crippen molar-refractivity contribution in [1.29, 1.82) is 0 Å². The fourth-order valence-electron chi connectivity index (χ4n) is 3.16. The molecule has 136 valence electrons. The number of fused-ring (bicyclic) bond motifs is 3. The lowest BCUT2D eigenvalue weighted by Crippen LogP contribution is -2.13. The van der Waals surface area contributed by atoms with Gasteiger partial charge in [0.25, 0.3) is 11.6 Å². The van der Waals surface area contributed by atoms with Crippen molar-refractivity contribution in [2.24, 2.45) is 0 Å². The standard InChI is InChI=1S/C19H15N3O4S/c1-26-12-7-8-13-11(10-12)6-9-16-17(13)20-19(27-16)21-18(23)14-4-2-3-5-15(14)22(24)25/h2-5,7-8,10H,6,9H2,1H3,(H,20,21,23). The molecule has 8 heteroatoms. The number of para-hydroxylation sites is 1. The normalized spacial score (nSPS) is 12.0. The maximum atomic E-state index is 12.5. The number of amides is 1. The van der Waals surface area contributed by atoms with Gasteiger partial charge in [-0.25, -0.2) is 4.98 Å². The molecule has 7 nitrogen and oxygen atoms in total. The number of nitro benzene ring substituents is 1. The highest BCUT2D eigenvalue weighted by Gasteiger charge is 2.24. The first-order valence-electron chi connectivity index (χ1n) is 8.28. The molecule has 1 amide bonds. The number of aromatic nitrogens is 1. The van der Waals surface area contributed by atoms with Gasteiger partial charge in [-0.05, 0) is 42.7 Å². The maximum Gasteiger partial charge on any atom is 0.282 e. The Hall–Kier alpha value is -3.26. The van der Waals surface area contributed by atoms with Crippen LogP contribution in [0.4, 0.5) is 10.8 Å². The molecule has 0 spiro atoms. The van der Waals surface area contributed by atoms with Gasteiger partial charge in [-0.2, -0.15) is 0 Å². The number of methoxy groups -OCH3 is 1. The first-order chi connectivity index (χ1) is 13.1.